The van der Waals surface area contributed by atoms with Gasteiger partial charge in [0.1, 0.15) is 12.1 Å². The van der Waals surface area contributed by atoms with Crippen LogP contribution in [0, 0.1) is 0 Å². The summed E-state index contributed by atoms with van der Waals surface area (Å²) in [5.74, 6) is -2.46. The molecule has 0 radical (unpaired) electrons. The molecule has 9 heteroatoms. The number of hydrogen-bond acceptors (Lipinski definition) is 6. The third kappa shape index (κ3) is 38.7. The Balaban J connectivity index is 4.34. The minimum atomic E-state index is -1.40. The summed E-state index contributed by atoms with van der Waals surface area (Å²) < 4.78 is 5.89. The predicted molar refractivity (Wildman–Crippen MR) is 236 cm³/mol. The fourth-order valence-electron chi connectivity index (χ4n) is 5.75. The molecule has 2 unspecified atom stereocenters. The molecule has 57 heavy (non-hydrogen) atoms. The molecule has 4 N–H and O–H groups in total. The van der Waals surface area contributed by atoms with E-state index in [1.807, 2.05) is 6.08 Å². The number of aliphatic hydroxyl groups excluding tert-OH is 1. The highest BCUT2D eigenvalue weighted by atomic mass is 16.5. The third-order valence-electron chi connectivity index (χ3n) is 9.11. The van der Waals surface area contributed by atoms with Gasteiger partial charge in [0.2, 0.25) is 11.8 Å². The van der Waals surface area contributed by atoms with Crippen LogP contribution >= 0.6 is 0 Å². The zero-order chi connectivity index (χ0) is 41.9. The number of aliphatic hydroxyl groups is 1. The lowest BCUT2D eigenvalue weighted by Crippen LogP contribution is -2.47. The van der Waals surface area contributed by atoms with Crippen LogP contribution in [-0.4, -0.2) is 59.3 Å². The topological polar surface area (TPSA) is 142 Å². The summed E-state index contributed by atoms with van der Waals surface area (Å²) in [5.41, 5.74) is 0. The second-order valence-electron chi connectivity index (χ2n) is 14.4. The molecule has 322 valence electrons. The predicted octanol–water partition coefficient (Wildman–Crippen LogP) is 10.9. The van der Waals surface area contributed by atoms with E-state index in [1.54, 1.807) is 0 Å². The average molecular weight is 795 g/mol. The van der Waals surface area contributed by atoms with Crippen molar-refractivity contribution in [3.8, 4) is 0 Å². The molecule has 0 aliphatic heterocycles. The van der Waals surface area contributed by atoms with Crippen LogP contribution in [0.25, 0.3) is 0 Å². The van der Waals surface area contributed by atoms with Crippen molar-refractivity contribution in [1.82, 2.24) is 10.6 Å². The number of ether oxygens (including phenoxy) is 1. The minimum Gasteiger partial charge on any atom is -0.480 e. The number of unbranched alkanes of at least 4 members (excludes halogenated alkanes) is 12. The van der Waals surface area contributed by atoms with E-state index in [-0.39, 0.29) is 30.9 Å². The van der Waals surface area contributed by atoms with Crippen molar-refractivity contribution >= 4 is 23.8 Å². The van der Waals surface area contributed by atoms with E-state index < -0.39 is 24.5 Å². The van der Waals surface area contributed by atoms with E-state index in [9.17, 15) is 19.2 Å². The molecule has 2 atom stereocenters. The molecule has 0 aromatic rings. The lowest BCUT2D eigenvalue weighted by atomic mass is 10.1. The summed E-state index contributed by atoms with van der Waals surface area (Å²) in [6.07, 6.45) is 53.4. The Morgan fingerprint density at radius 2 is 1.05 bits per heavy atom. The number of rotatable bonds is 38. The van der Waals surface area contributed by atoms with Crippen LogP contribution in [0.2, 0.25) is 0 Å². The van der Waals surface area contributed by atoms with Gasteiger partial charge in [0.15, 0.2) is 0 Å². The second-order valence-corrected chi connectivity index (χ2v) is 14.4. The normalized spacial score (nSPS) is 13.3. The Bertz CT molecular complexity index is 1230. The van der Waals surface area contributed by atoms with Crippen molar-refractivity contribution < 1.29 is 34.1 Å². The molecule has 0 bridgehead atoms. The van der Waals surface area contributed by atoms with Crippen molar-refractivity contribution in [3.05, 3.63) is 85.1 Å². The summed E-state index contributed by atoms with van der Waals surface area (Å²) in [5, 5.41) is 22.5. The SMILES string of the molecule is CC/C=C\C/C=C\C/C=C\C/C=C\C/C=C\CCCCCCCC(=O)OC(/C=C\C/C=C\CCCCCC)CCCCCCC(=O)NCC(=O)NC(CO)C(=O)O. The molecular formula is C48H78N2O7. The van der Waals surface area contributed by atoms with Crippen LogP contribution in [0.4, 0.5) is 0 Å². The molecule has 0 saturated heterocycles. The summed E-state index contributed by atoms with van der Waals surface area (Å²) in [4.78, 5) is 47.6. The van der Waals surface area contributed by atoms with Crippen molar-refractivity contribution in [2.24, 2.45) is 0 Å². The average Bonchev–Trinajstić information content (AvgIpc) is 3.20. The highest BCUT2D eigenvalue weighted by molar-refractivity contribution is 5.87. The fraction of sp³-hybridized carbons (Fsp3) is 0.625. The number of carbonyl (C=O) groups excluding carboxylic acids is 3. The molecule has 0 aliphatic rings. The molecule has 0 fully saturated rings. The van der Waals surface area contributed by atoms with Crippen molar-refractivity contribution in [2.45, 2.75) is 180 Å². The zero-order valence-corrected chi connectivity index (χ0v) is 35.6. The molecule has 0 aromatic heterocycles. The maximum Gasteiger partial charge on any atom is 0.328 e. The van der Waals surface area contributed by atoms with Crippen molar-refractivity contribution in [2.75, 3.05) is 13.2 Å². The minimum absolute atomic E-state index is 0.149. The Morgan fingerprint density at radius 3 is 1.61 bits per heavy atom. The maximum atomic E-state index is 12.7. The molecule has 0 saturated carbocycles. The van der Waals surface area contributed by atoms with E-state index in [2.05, 4.69) is 103 Å². The van der Waals surface area contributed by atoms with Gasteiger partial charge in [0.05, 0.1) is 13.2 Å². The van der Waals surface area contributed by atoms with E-state index in [4.69, 9.17) is 14.9 Å². The number of carbonyl (C=O) groups is 4. The van der Waals surface area contributed by atoms with Crippen LogP contribution in [0.15, 0.2) is 85.1 Å². The van der Waals surface area contributed by atoms with Gasteiger partial charge in [-0.05, 0) is 96.0 Å². The molecule has 9 nitrogen and oxygen atoms in total. The van der Waals surface area contributed by atoms with Crippen molar-refractivity contribution in [3.63, 3.8) is 0 Å². The van der Waals surface area contributed by atoms with Gasteiger partial charge in [-0.3, -0.25) is 14.4 Å². The number of amides is 2. The zero-order valence-electron chi connectivity index (χ0n) is 35.6. The van der Waals surface area contributed by atoms with Gasteiger partial charge in [-0.1, -0.05) is 144 Å². The molecule has 0 heterocycles. The van der Waals surface area contributed by atoms with Gasteiger partial charge in [-0.15, -0.1) is 0 Å². The number of allylic oxidation sites excluding steroid dienone is 13. The van der Waals surface area contributed by atoms with Crippen LogP contribution in [-0.2, 0) is 23.9 Å². The molecule has 0 spiro atoms. The Kier molecular flexibility index (Phi) is 38.7. The molecule has 0 rings (SSSR count). The van der Waals surface area contributed by atoms with E-state index in [0.717, 1.165) is 109 Å². The van der Waals surface area contributed by atoms with Gasteiger partial charge < -0.3 is 25.6 Å². The summed E-state index contributed by atoms with van der Waals surface area (Å²) in [6, 6.07) is -1.40. The van der Waals surface area contributed by atoms with Crippen LogP contribution in [0.1, 0.15) is 168 Å². The van der Waals surface area contributed by atoms with Gasteiger partial charge in [-0.25, -0.2) is 4.79 Å². The number of nitrogens with one attached hydrogen (secondary N) is 2. The largest absolute Gasteiger partial charge is 0.480 e. The number of esters is 1. The van der Waals surface area contributed by atoms with E-state index in [1.165, 1.54) is 25.7 Å². The van der Waals surface area contributed by atoms with E-state index in [0.29, 0.717) is 12.8 Å². The summed E-state index contributed by atoms with van der Waals surface area (Å²) >= 11 is 0. The Hall–Kier alpha value is -3.98. The van der Waals surface area contributed by atoms with Crippen LogP contribution in [0.5, 0.6) is 0 Å². The first kappa shape index (κ1) is 53.0. The second kappa shape index (κ2) is 41.6. The fourth-order valence-corrected chi connectivity index (χ4v) is 5.75. The number of hydrogen-bond donors (Lipinski definition) is 4. The third-order valence-corrected chi connectivity index (χ3v) is 9.11. The quantitative estimate of drug-likeness (QED) is 0.0277. The van der Waals surface area contributed by atoms with Gasteiger partial charge in [0.25, 0.3) is 0 Å². The van der Waals surface area contributed by atoms with Crippen LogP contribution in [0.3, 0.4) is 0 Å². The molecule has 0 aliphatic carbocycles. The Labute approximate surface area is 346 Å². The monoisotopic (exact) mass is 795 g/mol. The first-order chi connectivity index (χ1) is 27.8. The summed E-state index contributed by atoms with van der Waals surface area (Å²) in [7, 11) is 0. The first-order valence-electron chi connectivity index (χ1n) is 22.0. The molecule has 0 aromatic carbocycles. The van der Waals surface area contributed by atoms with Gasteiger partial charge >= 0.3 is 11.9 Å². The van der Waals surface area contributed by atoms with Crippen molar-refractivity contribution in [1.29, 1.82) is 0 Å². The van der Waals surface area contributed by atoms with Gasteiger partial charge in [-0.2, -0.15) is 0 Å². The first-order valence-corrected chi connectivity index (χ1v) is 22.0. The van der Waals surface area contributed by atoms with E-state index >= 15 is 0 Å². The highest BCUT2D eigenvalue weighted by Gasteiger charge is 2.18. The number of carboxylic acids is 1. The number of aliphatic carboxylic acids is 1. The highest BCUT2D eigenvalue weighted by Crippen LogP contribution is 2.14. The lowest BCUT2D eigenvalue weighted by molar-refractivity contribution is -0.147. The number of carboxylic acid groups (broad SMARTS) is 1. The smallest absolute Gasteiger partial charge is 0.328 e. The maximum absolute atomic E-state index is 12.7. The Morgan fingerprint density at radius 1 is 0.561 bits per heavy atom. The standard InChI is InChI=1S/C48H78N2O7/c1-3-5-7-9-11-13-14-15-16-17-18-19-20-21-22-23-24-26-28-30-36-40-47(54)57-43(37-33-29-27-25-12-10-8-6-4-2)38-34-31-32-35-39-45(52)49-41-46(53)50-44(42-51)48(55)56/h5,7,11,13,15-16,18-19,21-22,25,27,33,37,43-44,51H,3-4,6,8-10,12,14,17,20,23-24,26,28-32,34-36,38-42H2,1-2H3,(H,49,52)(H,50,53)(H,55,56)/b7-5-,13-11-,16-15-,19-18-,22-21-,27-25-,37-33-. The molecular weight excluding hydrogens is 717 g/mol. The van der Waals surface area contributed by atoms with Gasteiger partial charge in [0, 0.05) is 12.8 Å². The molecule has 2 amide bonds. The lowest BCUT2D eigenvalue weighted by Gasteiger charge is -2.15. The summed E-state index contributed by atoms with van der Waals surface area (Å²) in [6.45, 7) is 3.29. The van der Waals surface area contributed by atoms with Crippen LogP contribution < -0.4 is 10.6 Å².